The van der Waals surface area contributed by atoms with E-state index >= 15 is 0 Å². The number of alkyl halides is 3. The molecule has 1 saturated heterocycles. The standard InChI is InChI=1S/C23H23Cl2F3N8O4S/c24-15-5-3-14(4-6-15)19-32-35(22(38)34(19)12-17(37)23(26,27)28)13-18-30-21(33-8-10-41(39,40)11-9-33)36(31-18)20-16(25)2-1-7-29-20/h1-7,17,37,39-40H,8-13H2/t17-/m0/s1. The average molecular weight is 635 g/mol. The fourth-order valence-electron chi connectivity index (χ4n) is 4.15. The number of rotatable bonds is 7. The lowest BCUT2D eigenvalue weighted by Crippen LogP contribution is -2.39. The maximum Gasteiger partial charge on any atom is 0.416 e. The maximum atomic E-state index is 13.3. The number of hydrogen-bond acceptors (Lipinski definition) is 9. The van der Waals surface area contributed by atoms with Gasteiger partial charge in [-0.1, -0.05) is 23.2 Å². The minimum Gasteiger partial charge on any atom is -0.382 e. The van der Waals surface area contributed by atoms with Crippen LogP contribution >= 0.6 is 33.8 Å². The van der Waals surface area contributed by atoms with Crippen LogP contribution in [0.1, 0.15) is 5.82 Å². The summed E-state index contributed by atoms with van der Waals surface area (Å²) in [6.45, 7) is -0.940. The van der Waals surface area contributed by atoms with Gasteiger partial charge in [-0.15, -0.1) is 10.2 Å². The third-order valence-electron chi connectivity index (χ3n) is 6.28. The van der Waals surface area contributed by atoms with Gasteiger partial charge in [0.25, 0.3) is 0 Å². The molecule has 41 heavy (non-hydrogen) atoms. The Morgan fingerprint density at radius 3 is 2.37 bits per heavy atom. The molecule has 0 aliphatic carbocycles. The van der Waals surface area contributed by atoms with Gasteiger partial charge in [-0.2, -0.15) is 33.4 Å². The summed E-state index contributed by atoms with van der Waals surface area (Å²) in [5, 5.41) is 19.0. The molecule has 1 fully saturated rings. The van der Waals surface area contributed by atoms with Crippen LogP contribution in [-0.4, -0.2) is 85.2 Å². The lowest BCUT2D eigenvalue weighted by Gasteiger charge is -2.41. The number of aliphatic hydroxyl groups is 1. The molecule has 220 valence electrons. The van der Waals surface area contributed by atoms with Crippen LogP contribution in [0.25, 0.3) is 17.2 Å². The van der Waals surface area contributed by atoms with Crippen LogP contribution in [-0.2, 0) is 13.1 Å². The summed E-state index contributed by atoms with van der Waals surface area (Å²) in [6, 6.07) is 9.17. The van der Waals surface area contributed by atoms with Crippen LogP contribution in [0, 0.1) is 0 Å². The molecule has 0 saturated carbocycles. The van der Waals surface area contributed by atoms with E-state index in [9.17, 15) is 32.2 Å². The first-order valence-electron chi connectivity index (χ1n) is 12.1. The number of aliphatic hydroxyl groups excluding tert-OH is 1. The summed E-state index contributed by atoms with van der Waals surface area (Å²) >= 11 is 12.3. The molecule has 1 aliphatic rings. The van der Waals surface area contributed by atoms with Crippen molar-refractivity contribution in [3.8, 4) is 17.2 Å². The van der Waals surface area contributed by atoms with E-state index in [-0.39, 0.29) is 59.6 Å². The normalized spacial score (nSPS) is 17.0. The third-order valence-corrected chi connectivity index (χ3v) is 8.50. The van der Waals surface area contributed by atoms with Crippen molar-refractivity contribution in [1.82, 2.24) is 34.1 Å². The van der Waals surface area contributed by atoms with E-state index in [0.29, 0.717) is 10.6 Å². The number of halogens is 5. The maximum absolute atomic E-state index is 13.3. The Bertz CT molecular complexity index is 1600. The monoisotopic (exact) mass is 634 g/mol. The Morgan fingerprint density at radius 2 is 1.73 bits per heavy atom. The van der Waals surface area contributed by atoms with Crippen molar-refractivity contribution in [3.63, 3.8) is 0 Å². The molecule has 1 atom stereocenters. The second-order valence-electron chi connectivity index (χ2n) is 9.18. The predicted octanol–water partition coefficient (Wildman–Crippen LogP) is 3.54. The van der Waals surface area contributed by atoms with E-state index < -0.39 is 35.1 Å². The first-order valence-corrected chi connectivity index (χ1v) is 14.7. The summed E-state index contributed by atoms with van der Waals surface area (Å²) in [7, 11) is -2.72. The molecule has 0 unspecified atom stereocenters. The van der Waals surface area contributed by atoms with Gasteiger partial charge in [0.2, 0.25) is 5.95 Å². The molecule has 0 spiro atoms. The molecule has 4 heterocycles. The van der Waals surface area contributed by atoms with Crippen LogP contribution in [0.15, 0.2) is 47.4 Å². The summed E-state index contributed by atoms with van der Waals surface area (Å²) in [5.41, 5.74) is -0.634. The topological polar surface area (TPSA) is 147 Å². The molecule has 12 nitrogen and oxygen atoms in total. The van der Waals surface area contributed by atoms with Gasteiger partial charge in [0.05, 0.1) is 23.1 Å². The largest absolute Gasteiger partial charge is 0.416 e. The SMILES string of the molecule is O=c1n(Cc2nc(N3CCS(O)(O)CC3)n(-c3ncccc3Cl)n2)nc(-c2ccc(Cl)cc2)n1C[C@H](O)C(F)(F)F. The zero-order valence-corrected chi connectivity index (χ0v) is 23.3. The minimum atomic E-state index is -4.97. The van der Waals surface area contributed by atoms with Crippen LogP contribution in [0.3, 0.4) is 0 Å². The third kappa shape index (κ3) is 6.37. The van der Waals surface area contributed by atoms with E-state index in [4.69, 9.17) is 23.2 Å². The summed E-state index contributed by atoms with van der Waals surface area (Å²) in [5.74, 6) is 0.664. The van der Waals surface area contributed by atoms with Crippen molar-refractivity contribution in [1.29, 1.82) is 0 Å². The van der Waals surface area contributed by atoms with Crippen LogP contribution in [0.2, 0.25) is 10.0 Å². The molecular weight excluding hydrogens is 612 g/mol. The number of aromatic nitrogens is 7. The van der Waals surface area contributed by atoms with Crippen molar-refractivity contribution in [2.75, 3.05) is 29.5 Å². The van der Waals surface area contributed by atoms with E-state index in [2.05, 4.69) is 20.2 Å². The Morgan fingerprint density at radius 1 is 1.05 bits per heavy atom. The predicted molar refractivity (Wildman–Crippen MR) is 147 cm³/mol. The zero-order valence-electron chi connectivity index (χ0n) is 21.0. The molecule has 3 N–H and O–H groups in total. The molecule has 18 heteroatoms. The molecule has 3 aromatic heterocycles. The van der Waals surface area contributed by atoms with Crippen molar-refractivity contribution in [2.24, 2.45) is 0 Å². The second-order valence-corrected chi connectivity index (χ2v) is 12.4. The van der Waals surface area contributed by atoms with Gasteiger partial charge in [-0.05, 0) is 36.4 Å². The van der Waals surface area contributed by atoms with Gasteiger partial charge >= 0.3 is 11.9 Å². The zero-order chi connectivity index (χ0) is 29.5. The fraction of sp³-hybridized carbons (Fsp3) is 0.348. The first kappa shape index (κ1) is 29.3. The van der Waals surface area contributed by atoms with E-state index in [1.807, 2.05) is 0 Å². The first-order chi connectivity index (χ1) is 19.3. The molecule has 1 aliphatic heterocycles. The lowest BCUT2D eigenvalue weighted by molar-refractivity contribution is -0.207. The molecule has 0 amide bonds. The fourth-order valence-corrected chi connectivity index (χ4v) is 5.71. The molecular formula is C23H23Cl2F3N8O4S. The van der Waals surface area contributed by atoms with E-state index in [0.717, 1.165) is 9.25 Å². The van der Waals surface area contributed by atoms with Gasteiger partial charge in [-0.25, -0.2) is 14.5 Å². The average Bonchev–Trinajstić information content (AvgIpc) is 3.46. The number of anilines is 1. The van der Waals surface area contributed by atoms with Crippen molar-refractivity contribution in [3.05, 3.63) is 68.9 Å². The van der Waals surface area contributed by atoms with Gasteiger partial charge in [0, 0.05) is 29.9 Å². The Labute approximate surface area is 241 Å². The van der Waals surface area contributed by atoms with Gasteiger partial charge in [0.15, 0.2) is 23.6 Å². The Hall–Kier alpha value is -3.15. The van der Waals surface area contributed by atoms with Gasteiger partial charge < -0.3 is 10.0 Å². The summed E-state index contributed by atoms with van der Waals surface area (Å²) in [4.78, 5) is 23.8. The van der Waals surface area contributed by atoms with Crippen LogP contribution < -0.4 is 10.6 Å². The number of nitrogens with zero attached hydrogens (tertiary/aromatic N) is 8. The van der Waals surface area contributed by atoms with Crippen molar-refractivity contribution >= 4 is 39.7 Å². The van der Waals surface area contributed by atoms with Crippen LogP contribution in [0.4, 0.5) is 19.1 Å². The minimum absolute atomic E-state index is 0.0599. The molecule has 1 aromatic carbocycles. The molecule has 4 aromatic rings. The molecule has 0 bridgehead atoms. The summed E-state index contributed by atoms with van der Waals surface area (Å²) in [6.07, 6.45) is -6.28. The smallest absolute Gasteiger partial charge is 0.382 e. The lowest BCUT2D eigenvalue weighted by atomic mass is 10.2. The second kappa shape index (κ2) is 11.3. The highest BCUT2D eigenvalue weighted by Crippen LogP contribution is 2.41. The van der Waals surface area contributed by atoms with Gasteiger partial charge in [-0.3, -0.25) is 13.7 Å². The molecule has 0 radical (unpaired) electrons. The highest BCUT2D eigenvalue weighted by atomic mass is 35.5. The Kier molecular flexibility index (Phi) is 8.06. The highest BCUT2D eigenvalue weighted by molar-refractivity contribution is 8.24. The number of pyridine rings is 1. The van der Waals surface area contributed by atoms with E-state index in [1.165, 1.54) is 35.1 Å². The quantitative estimate of drug-likeness (QED) is 0.278. The summed E-state index contributed by atoms with van der Waals surface area (Å²) < 4.78 is 62.6. The number of benzene rings is 1. The van der Waals surface area contributed by atoms with E-state index in [1.54, 1.807) is 17.0 Å². The van der Waals surface area contributed by atoms with Crippen LogP contribution in [0.5, 0.6) is 0 Å². The van der Waals surface area contributed by atoms with Gasteiger partial charge in [0.1, 0.15) is 6.54 Å². The Balaban J connectivity index is 1.55. The van der Waals surface area contributed by atoms with Crippen molar-refractivity contribution < 1.29 is 27.4 Å². The number of hydrogen-bond donors (Lipinski definition) is 3. The van der Waals surface area contributed by atoms with Crippen molar-refractivity contribution in [2.45, 2.75) is 25.4 Å². The highest BCUT2D eigenvalue weighted by Gasteiger charge is 2.39. The molecule has 5 rings (SSSR count).